The molecule has 0 bridgehead atoms. The SMILES string of the molecule is OCCCc1cccc2c1CNCCC2. The number of rotatable bonds is 3. The van der Waals surface area contributed by atoms with Gasteiger partial charge in [0.1, 0.15) is 0 Å². The van der Waals surface area contributed by atoms with Gasteiger partial charge in [0.15, 0.2) is 0 Å². The maximum absolute atomic E-state index is 8.87. The fraction of sp³-hybridized carbons (Fsp3) is 0.538. The number of aliphatic hydroxyl groups is 1. The molecule has 0 radical (unpaired) electrons. The zero-order chi connectivity index (χ0) is 10.5. The van der Waals surface area contributed by atoms with Crippen molar-refractivity contribution in [1.82, 2.24) is 5.32 Å². The van der Waals surface area contributed by atoms with Crippen LogP contribution in [0.15, 0.2) is 18.2 Å². The van der Waals surface area contributed by atoms with Gasteiger partial charge in [-0.2, -0.15) is 0 Å². The zero-order valence-corrected chi connectivity index (χ0v) is 9.13. The maximum atomic E-state index is 8.87. The van der Waals surface area contributed by atoms with Gasteiger partial charge in [0, 0.05) is 13.2 Å². The normalized spacial score (nSPS) is 15.8. The van der Waals surface area contributed by atoms with Crippen LogP contribution in [0.4, 0.5) is 0 Å². The second kappa shape index (κ2) is 5.29. The first-order chi connectivity index (χ1) is 7.42. The molecule has 15 heavy (non-hydrogen) atoms. The van der Waals surface area contributed by atoms with Crippen LogP contribution >= 0.6 is 0 Å². The Labute approximate surface area is 91.3 Å². The smallest absolute Gasteiger partial charge is 0.0434 e. The summed E-state index contributed by atoms with van der Waals surface area (Å²) in [4.78, 5) is 0. The highest BCUT2D eigenvalue weighted by Crippen LogP contribution is 2.19. The van der Waals surface area contributed by atoms with Crippen molar-refractivity contribution in [3.63, 3.8) is 0 Å². The van der Waals surface area contributed by atoms with E-state index in [0.717, 1.165) is 25.9 Å². The first-order valence-electron chi connectivity index (χ1n) is 5.83. The van der Waals surface area contributed by atoms with Crippen molar-refractivity contribution in [3.8, 4) is 0 Å². The number of benzene rings is 1. The van der Waals surface area contributed by atoms with E-state index in [2.05, 4.69) is 23.5 Å². The van der Waals surface area contributed by atoms with Gasteiger partial charge in [0.2, 0.25) is 0 Å². The van der Waals surface area contributed by atoms with E-state index in [1.165, 1.54) is 29.5 Å². The lowest BCUT2D eigenvalue weighted by molar-refractivity contribution is 0.288. The minimum Gasteiger partial charge on any atom is -0.396 e. The summed E-state index contributed by atoms with van der Waals surface area (Å²) in [7, 11) is 0. The Kier molecular flexibility index (Phi) is 3.75. The van der Waals surface area contributed by atoms with Crippen LogP contribution in [0.2, 0.25) is 0 Å². The van der Waals surface area contributed by atoms with Crippen LogP contribution < -0.4 is 5.32 Å². The average Bonchev–Trinajstić information content (AvgIpc) is 2.51. The lowest BCUT2D eigenvalue weighted by Crippen LogP contribution is -2.13. The number of aryl methyl sites for hydroxylation is 2. The van der Waals surface area contributed by atoms with E-state index in [4.69, 9.17) is 5.11 Å². The Balaban J connectivity index is 2.22. The average molecular weight is 205 g/mol. The van der Waals surface area contributed by atoms with Crippen LogP contribution in [-0.4, -0.2) is 18.3 Å². The van der Waals surface area contributed by atoms with Gasteiger partial charge >= 0.3 is 0 Å². The molecule has 2 rings (SSSR count). The molecule has 0 saturated heterocycles. The predicted octanol–water partition coefficient (Wildman–Crippen LogP) is 1.65. The third-order valence-electron chi connectivity index (χ3n) is 3.08. The quantitative estimate of drug-likeness (QED) is 0.786. The first-order valence-corrected chi connectivity index (χ1v) is 5.83. The third kappa shape index (κ3) is 2.58. The van der Waals surface area contributed by atoms with Crippen LogP contribution in [-0.2, 0) is 19.4 Å². The highest BCUT2D eigenvalue weighted by molar-refractivity contribution is 5.36. The van der Waals surface area contributed by atoms with Crippen LogP contribution in [0.25, 0.3) is 0 Å². The van der Waals surface area contributed by atoms with Crippen molar-refractivity contribution in [2.24, 2.45) is 0 Å². The zero-order valence-electron chi connectivity index (χ0n) is 9.13. The minimum atomic E-state index is 0.289. The van der Waals surface area contributed by atoms with Crippen molar-refractivity contribution in [2.45, 2.75) is 32.2 Å². The molecule has 0 unspecified atom stereocenters. The molecule has 0 fully saturated rings. The predicted molar refractivity (Wildman–Crippen MR) is 61.9 cm³/mol. The van der Waals surface area contributed by atoms with Crippen LogP contribution in [0.5, 0.6) is 0 Å². The number of nitrogens with one attached hydrogen (secondary N) is 1. The molecule has 2 heteroatoms. The largest absolute Gasteiger partial charge is 0.396 e. The molecule has 2 nitrogen and oxygen atoms in total. The van der Waals surface area contributed by atoms with Crippen molar-refractivity contribution >= 4 is 0 Å². The Morgan fingerprint density at radius 2 is 2.27 bits per heavy atom. The van der Waals surface area contributed by atoms with Crippen LogP contribution in [0.3, 0.4) is 0 Å². The lowest BCUT2D eigenvalue weighted by atomic mass is 9.96. The van der Waals surface area contributed by atoms with Gasteiger partial charge in [-0.05, 0) is 48.9 Å². The van der Waals surface area contributed by atoms with E-state index in [-0.39, 0.29) is 6.61 Å². The number of aliphatic hydroxyl groups excluding tert-OH is 1. The molecular weight excluding hydrogens is 186 g/mol. The molecule has 0 aromatic heterocycles. The molecule has 2 N–H and O–H groups in total. The van der Waals surface area contributed by atoms with Crippen molar-refractivity contribution in [1.29, 1.82) is 0 Å². The minimum absolute atomic E-state index is 0.289. The summed E-state index contributed by atoms with van der Waals surface area (Å²) in [5, 5.41) is 12.3. The molecule has 0 spiro atoms. The highest BCUT2D eigenvalue weighted by Gasteiger charge is 2.10. The summed E-state index contributed by atoms with van der Waals surface area (Å²) in [5.74, 6) is 0. The second-order valence-corrected chi connectivity index (χ2v) is 4.16. The van der Waals surface area contributed by atoms with Crippen LogP contribution in [0.1, 0.15) is 29.5 Å². The molecule has 1 aromatic carbocycles. The van der Waals surface area contributed by atoms with Gasteiger partial charge in [-0.15, -0.1) is 0 Å². The Bertz CT molecular complexity index is 322. The molecule has 0 amide bonds. The topological polar surface area (TPSA) is 32.3 Å². The summed E-state index contributed by atoms with van der Waals surface area (Å²) in [6, 6.07) is 6.59. The summed E-state index contributed by atoms with van der Waals surface area (Å²) in [6.45, 7) is 2.40. The van der Waals surface area contributed by atoms with E-state index in [1.54, 1.807) is 0 Å². The molecule has 0 atom stereocenters. The van der Waals surface area contributed by atoms with E-state index < -0.39 is 0 Å². The van der Waals surface area contributed by atoms with Gasteiger partial charge < -0.3 is 10.4 Å². The molecule has 1 aliphatic heterocycles. The molecule has 82 valence electrons. The molecule has 1 aromatic rings. The van der Waals surface area contributed by atoms with E-state index in [1.807, 2.05) is 0 Å². The van der Waals surface area contributed by atoms with E-state index in [9.17, 15) is 0 Å². The third-order valence-corrected chi connectivity index (χ3v) is 3.08. The van der Waals surface area contributed by atoms with Gasteiger partial charge in [-0.1, -0.05) is 18.2 Å². The van der Waals surface area contributed by atoms with E-state index in [0.29, 0.717) is 0 Å². The van der Waals surface area contributed by atoms with Crippen molar-refractivity contribution in [3.05, 3.63) is 34.9 Å². The molecule has 0 saturated carbocycles. The Morgan fingerprint density at radius 1 is 1.33 bits per heavy atom. The summed E-state index contributed by atoms with van der Waals surface area (Å²) in [6.07, 6.45) is 4.30. The number of fused-ring (bicyclic) bond motifs is 1. The fourth-order valence-corrected chi connectivity index (χ4v) is 2.27. The second-order valence-electron chi connectivity index (χ2n) is 4.16. The lowest BCUT2D eigenvalue weighted by Gasteiger charge is -2.11. The van der Waals surface area contributed by atoms with Gasteiger partial charge in [0.05, 0.1) is 0 Å². The number of hydrogen-bond donors (Lipinski definition) is 2. The van der Waals surface area contributed by atoms with Crippen LogP contribution in [0, 0.1) is 0 Å². The molecule has 0 aliphatic carbocycles. The number of hydrogen-bond acceptors (Lipinski definition) is 2. The monoisotopic (exact) mass is 205 g/mol. The van der Waals surface area contributed by atoms with Gasteiger partial charge in [-0.3, -0.25) is 0 Å². The van der Waals surface area contributed by atoms with Crippen molar-refractivity contribution < 1.29 is 5.11 Å². The first kappa shape index (κ1) is 10.7. The van der Waals surface area contributed by atoms with Gasteiger partial charge in [0.25, 0.3) is 0 Å². The molecule has 1 heterocycles. The highest BCUT2D eigenvalue weighted by atomic mass is 16.2. The molecular formula is C13H19NO. The van der Waals surface area contributed by atoms with E-state index >= 15 is 0 Å². The maximum Gasteiger partial charge on any atom is 0.0434 e. The van der Waals surface area contributed by atoms with Crippen molar-refractivity contribution in [2.75, 3.05) is 13.2 Å². The summed E-state index contributed by atoms with van der Waals surface area (Å²) < 4.78 is 0. The Morgan fingerprint density at radius 3 is 3.13 bits per heavy atom. The molecule has 1 aliphatic rings. The van der Waals surface area contributed by atoms with Gasteiger partial charge in [-0.25, -0.2) is 0 Å². The summed E-state index contributed by atoms with van der Waals surface area (Å²) in [5.41, 5.74) is 4.38. The Hall–Kier alpha value is -0.860. The standard InChI is InChI=1S/C13H19NO/c15-9-3-7-12-5-1-4-11-6-2-8-14-10-13(11)12/h1,4-5,14-15H,2-3,6-10H2. The fourth-order valence-electron chi connectivity index (χ4n) is 2.27. The summed E-state index contributed by atoms with van der Waals surface area (Å²) >= 11 is 0.